The van der Waals surface area contributed by atoms with Crippen molar-refractivity contribution in [2.75, 3.05) is 40.9 Å². The number of aliphatic hydroxyl groups is 1. The molecular formula is C61H113N2O6P. The number of nitrogens with one attached hydrogen (secondary N) is 1. The van der Waals surface area contributed by atoms with Gasteiger partial charge in [0, 0.05) is 6.42 Å². The van der Waals surface area contributed by atoms with Crippen LogP contribution < -0.4 is 10.2 Å². The third-order valence-corrected chi connectivity index (χ3v) is 13.9. The van der Waals surface area contributed by atoms with Crippen LogP contribution in [0, 0.1) is 0 Å². The minimum atomic E-state index is -4.58. The number of carbonyl (C=O) groups excluding carboxylic acids is 1. The molecule has 0 aliphatic heterocycles. The molecule has 0 saturated carbocycles. The molecule has 3 unspecified atom stereocenters. The minimum Gasteiger partial charge on any atom is -0.756 e. The van der Waals surface area contributed by atoms with Gasteiger partial charge in [0.05, 0.1) is 39.9 Å². The Balaban J connectivity index is 4.23. The molecule has 0 bridgehead atoms. The third kappa shape index (κ3) is 53.7. The number of hydrogen-bond donors (Lipinski definition) is 2. The Kier molecular flexibility index (Phi) is 50.3. The Morgan fingerprint density at radius 2 is 0.871 bits per heavy atom. The fourth-order valence-electron chi connectivity index (χ4n) is 8.40. The molecule has 2 N–H and O–H groups in total. The molecule has 0 aromatic rings. The van der Waals surface area contributed by atoms with Gasteiger partial charge in [0.25, 0.3) is 7.82 Å². The van der Waals surface area contributed by atoms with Crippen LogP contribution in [0.4, 0.5) is 0 Å². The summed E-state index contributed by atoms with van der Waals surface area (Å²) in [5.74, 6) is -0.179. The van der Waals surface area contributed by atoms with Crippen LogP contribution in [0.1, 0.15) is 258 Å². The number of nitrogens with zero attached hydrogens (tertiary/aromatic N) is 1. The predicted octanol–water partition coefficient (Wildman–Crippen LogP) is 17.2. The van der Waals surface area contributed by atoms with Gasteiger partial charge >= 0.3 is 0 Å². The molecule has 0 aromatic carbocycles. The van der Waals surface area contributed by atoms with Crippen molar-refractivity contribution >= 4 is 13.7 Å². The first-order valence-corrected chi connectivity index (χ1v) is 30.7. The first-order chi connectivity index (χ1) is 34.0. The van der Waals surface area contributed by atoms with Gasteiger partial charge in [-0.1, -0.05) is 260 Å². The van der Waals surface area contributed by atoms with Crippen molar-refractivity contribution in [3.63, 3.8) is 0 Å². The van der Waals surface area contributed by atoms with Crippen LogP contribution >= 0.6 is 7.82 Å². The van der Waals surface area contributed by atoms with E-state index in [-0.39, 0.29) is 19.1 Å². The van der Waals surface area contributed by atoms with Gasteiger partial charge in [-0.05, 0) is 64.2 Å². The maximum absolute atomic E-state index is 13.0. The lowest BCUT2D eigenvalue weighted by atomic mass is 10.0. The summed E-state index contributed by atoms with van der Waals surface area (Å²) >= 11 is 0. The number of allylic oxidation sites excluding steroid dienone is 12. The van der Waals surface area contributed by atoms with Crippen molar-refractivity contribution in [1.29, 1.82) is 0 Å². The van der Waals surface area contributed by atoms with Crippen molar-refractivity contribution in [2.24, 2.45) is 0 Å². The lowest BCUT2D eigenvalue weighted by Crippen LogP contribution is -2.46. The summed E-state index contributed by atoms with van der Waals surface area (Å²) in [5.41, 5.74) is 0. The monoisotopic (exact) mass is 1000 g/mol. The molecule has 408 valence electrons. The van der Waals surface area contributed by atoms with Gasteiger partial charge in [0.15, 0.2) is 0 Å². The molecule has 0 aliphatic rings. The average molecular weight is 1000 g/mol. The Morgan fingerprint density at radius 1 is 0.514 bits per heavy atom. The van der Waals surface area contributed by atoms with E-state index >= 15 is 0 Å². The third-order valence-electron chi connectivity index (χ3n) is 13.0. The number of carbonyl (C=O) groups is 1. The first kappa shape index (κ1) is 67.9. The highest BCUT2D eigenvalue weighted by atomic mass is 31.2. The van der Waals surface area contributed by atoms with Crippen molar-refractivity contribution < 1.29 is 32.9 Å². The van der Waals surface area contributed by atoms with Gasteiger partial charge in [-0.15, -0.1) is 0 Å². The molecule has 0 spiro atoms. The van der Waals surface area contributed by atoms with Gasteiger partial charge in [0.2, 0.25) is 5.91 Å². The van der Waals surface area contributed by atoms with Crippen molar-refractivity contribution in [3.8, 4) is 0 Å². The predicted molar refractivity (Wildman–Crippen MR) is 302 cm³/mol. The lowest BCUT2D eigenvalue weighted by molar-refractivity contribution is -0.870. The average Bonchev–Trinajstić information content (AvgIpc) is 3.32. The van der Waals surface area contributed by atoms with E-state index in [9.17, 15) is 19.4 Å². The Hall–Kier alpha value is -2.06. The minimum absolute atomic E-state index is 0.00583. The second kappa shape index (κ2) is 51.8. The Bertz CT molecular complexity index is 1370. The van der Waals surface area contributed by atoms with Crippen molar-refractivity contribution in [3.05, 3.63) is 72.9 Å². The summed E-state index contributed by atoms with van der Waals surface area (Å²) in [6, 6.07) is -0.814. The van der Waals surface area contributed by atoms with Gasteiger partial charge in [-0.3, -0.25) is 9.36 Å². The highest BCUT2D eigenvalue weighted by Crippen LogP contribution is 2.38. The van der Waals surface area contributed by atoms with Gasteiger partial charge < -0.3 is 28.8 Å². The number of hydrogen-bond acceptors (Lipinski definition) is 6. The number of likely N-dealkylation sites (N-methyl/N-ethyl adjacent to an activating group) is 1. The number of amides is 1. The summed E-state index contributed by atoms with van der Waals surface area (Å²) in [4.78, 5) is 25.6. The number of phosphoric acid groups is 1. The zero-order valence-corrected chi connectivity index (χ0v) is 47.4. The maximum atomic E-state index is 13.0. The second-order valence-electron chi connectivity index (χ2n) is 21.0. The van der Waals surface area contributed by atoms with Crippen LogP contribution in [0.25, 0.3) is 0 Å². The second-order valence-corrected chi connectivity index (χ2v) is 22.4. The molecule has 70 heavy (non-hydrogen) atoms. The number of rotatable bonds is 53. The molecule has 9 heteroatoms. The molecule has 0 rings (SSSR count). The zero-order valence-electron chi connectivity index (χ0n) is 46.5. The maximum Gasteiger partial charge on any atom is 0.268 e. The smallest absolute Gasteiger partial charge is 0.268 e. The van der Waals surface area contributed by atoms with Crippen LogP contribution in [0.5, 0.6) is 0 Å². The van der Waals surface area contributed by atoms with E-state index in [0.29, 0.717) is 23.9 Å². The fraction of sp³-hybridized carbons (Fsp3) is 0.787. The summed E-state index contributed by atoms with van der Waals surface area (Å²) in [5, 5.41) is 14.0. The summed E-state index contributed by atoms with van der Waals surface area (Å²) in [6.07, 6.45) is 70.7. The number of unbranched alkanes of at least 4 members (excludes halogenated alkanes) is 28. The summed E-state index contributed by atoms with van der Waals surface area (Å²) in [7, 11) is 1.29. The lowest BCUT2D eigenvalue weighted by Gasteiger charge is -2.30. The van der Waals surface area contributed by atoms with E-state index < -0.39 is 20.0 Å². The van der Waals surface area contributed by atoms with Crippen LogP contribution in [0.15, 0.2) is 72.9 Å². The Labute approximate surface area is 434 Å². The number of aliphatic hydroxyl groups excluding tert-OH is 1. The fourth-order valence-corrected chi connectivity index (χ4v) is 9.12. The van der Waals surface area contributed by atoms with Crippen LogP contribution in [-0.4, -0.2) is 68.5 Å². The van der Waals surface area contributed by atoms with E-state index in [1.165, 1.54) is 141 Å². The van der Waals surface area contributed by atoms with E-state index in [0.717, 1.165) is 89.9 Å². The number of quaternary nitrogens is 1. The SMILES string of the molecule is CC/C=C\C/C=C\C/C=C\C/C=C\C/C=C\C/C=C\CCCCCCCCC(=O)NC(COP(=O)([O-])OCC[N+](C)(C)C)C(O)CCCCCCCCCCCCCCCCCCCCCCCCC. The highest BCUT2D eigenvalue weighted by molar-refractivity contribution is 7.45. The molecule has 0 heterocycles. The van der Waals surface area contributed by atoms with Crippen LogP contribution in [-0.2, 0) is 18.4 Å². The van der Waals surface area contributed by atoms with E-state index in [1.54, 1.807) is 0 Å². The first-order valence-electron chi connectivity index (χ1n) is 29.3. The standard InChI is InChI=1S/C61H113N2O6P/c1-6-8-10-12-14-16-18-20-22-24-26-28-30-31-33-35-37-39-41-43-45-47-49-51-53-55-61(65)62-59(58-69-70(66,67)68-57-56-63(3,4)5)60(64)54-52-50-48-46-44-42-40-38-36-34-32-29-27-25-23-21-19-17-15-13-11-9-7-2/h8,10,14,16,20,22,26,28,31,33,37,39,59-60,64H,6-7,9,11-13,15,17-19,21,23-25,27,29-30,32,34-36,38,40-58H2,1-5H3,(H-,62,65,66,67)/b10-8-,16-14-,22-20-,28-26-,33-31-,39-37-. The topological polar surface area (TPSA) is 108 Å². The molecule has 0 aliphatic carbocycles. The molecule has 0 radical (unpaired) electrons. The summed E-state index contributed by atoms with van der Waals surface area (Å²) in [6.45, 7) is 4.61. The van der Waals surface area contributed by atoms with Gasteiger partial charge in [0.1, 0.15) is 13.2 Å². The molecule has 8 nitrogen and oxygen atoms in total. The largest absolute Gasteiger partial charge is 0.756 e. The molecular weight excluding hydrogens is 888 g/mol. The molecule has 3 atom stereocenters. The Morgan fingerprint density at radius 3 is 1.27 bits per heavy atom. The van der Waals surface area contributed by atoms with Crippen LogP contribution in [0.2, 0.25) is 0 Å². The molecule has 0 saturated heterocycles. The van der Waals surface area contributed by atoms with E-state index in [2.05, 4.69) is 92.1 Å². The molecule has 0 fully saturated rings. The van der Waals surface area contributed by atoms with Crippen molar-refractivity contribution in [1.82, 2.24) is 5.32 Å². The van der Waals surface area contributed by atoms with E-state index in [1.807, 2.05) is 21.1 Å². The normalized spacial score (nSPS) is 14.4. The van der Waals surface area contributed by atoms with Crippen LogP contribution in [0.3, 0.4) is 0 Å². The molecule has 0 aromatic heterocycles. The van der Waals surface area contributed by atoms with Gasteiger partial charge in [-0.25, -0.2) is 0 Å². The number of phosphoric ester groups is 1. The highest BCUT2D eigenvalue weighted by Gasteiger charge is 2.24. The van der Waals surface area contributed by atoms with E-state index in [4.69, 9.17) is 9.05 Å². The summed E-state index contributed by atoms with van der Waals surface area (Å²) < 4.78 is 23.4. The quantitative estimate of drug-likeness (QED) is 0.0272. The zero-order chi connectivity index (χ0) is 51.3. The van der Waals surface area contributed by atoms with Gasteiger partial charge in [-0.2, -0.15) is 0 Å². The molecule has 1 amide bonds. The van der Waals surface area contributed by atoms with Crippen molar-refractivity contribution in [2.45, 2.75) is 270 Å².